The van der Waals surface area contributed by atoms with Crippen LogP contribution in [0.3, 0.4) is 0 Å². The molecule has 5 aromatic rings. The number of carboxylic acid groups (broad SMARTS) is 1. The highest BCUT2D eigenvalue weighted by atomic mass is 32.1. The summed E-state index contributed by atoms with van der Waals surface area (Å²) in [5.74, 6) is -0.686. The molecule has 32 heavy (non-hydrogen) atoms. The first-order valence-electron chi connectivity index (χ1n) is 10.6. The van der Waals surface area contributed by atoms with E-state index >= 15 is 0 Å². The van der Waals surface area contributed by atoms with E-state index < -0.39 is 5.97 Å². The Morgan fingerprint density at radius 3 is 2.62 bits per heavy atom. The Balaban J connectivity index is 1.61. The van der Waals surface area contributed by atoms with Crippen molar-refractivity contribution >= 4 is 44.2 Å². The maximum atomic E-state index is 13.3. The maximum Gasteiger partial charge on any atom is 0.354 e. The Labute approximate surface area is 192 Å². The van der Waals surface area contributed by atoms with Gasteiger partial charge in [-0.25, -0.2) is 4.79 Å². The zero-order chi connectivity index (χ0) is 21.8. The summed E-state index contributed by atoms with van der Waals surface area (Å²) >= 11 is 2.96. The van der Waals surface area contributed by atoms with E-state index in [1.165, 1.54) is 43.4 Å². The third-order valence-corrected chi connectivity index (χ3v) is 8.08. The third-order valence-electron chi connectivity index (χ3n) is 6.17. The third kappa shape index (κ3) is 3.10. The highest BCUT2D eigenvalue weighted by Crippen LogP contribution is 2.47. The van der Waals surface area contributed by atoms with Gasteiger partial charge in [0, 0.05) is 11.6 Å². The van der Waals surface area contributed by atoms with Crippen molar-refractivity contribution < 1.29 is 9.90 Å². The van der Waals surface area contributed by atoms with E-state index in [2.05, 4.69) is 30.3 Å². The first-order valence-corrected chi connectivity index (χ1v) is 12.3. The lowest BCUT2D eigenvalue weighted by molar-refractivity contribution is 0.0690. The number of pyridine rings is 1. The van der Waals surface area contributed by atoms with E-state index in [-0.39, 0.29) is 11.3 Å². The molecule has 1 aliphatic carbocycles. The number of carboxylic acids is 1. The topological polar surface area (TPSA) is 58.8 Å². The van der Waals surface area contributed by atoms with Gasteiger partial charge in [0.05, 0.1) is 4.88 Å². The number of rotatable bonds is 5. The molecule has 0 saturated heterocycles. The molecule has 6 rings (SSSR count). The number of hydrogen-bond acceptors (Lipinski definition) is 4. The van der Waals surface area contributed by atoms with Gasteiger partial charge in [0.25, 0.3) is 5.56 Å². The fourth-order valence-electron chi connectivity index (χ4n) is 4.60. The number of hydrogen-bond donors (Lipinski definition) is 1. The number of carbonyl (C=O) groups is 1. The van der Waals surface area contributed by atoms with Gasteiger partial charge >= 0.3 is 5.97 Å². The smallest absolute Gasteiger partial charge is 0.354 e. The SMILES string of the molecule is O=C(O)c1c(-c2ccsc2)sc2c(C3CC3)c(Cc3cccc4ccccc34)cc(=O)n12. The summed E-state index contributed by atoms with van der Waals surface area (Å²) in [4.78, 5) is 26.9. The molecule has 0 bridgehead atoms. The number of fused-ring (bicyclic) bond motifs is 2. The van der Waals surface area contributed by atoms with Crippen LogP contribution in [0.2, 0.25) is 0 Å². The minimum absolute atomic E-state index is 0.0759. The number of nitrogens with zero attached hydrogens (tertiary/aromatic N) is 1. The molecule has 0 unspecified atom stereocenters. The van der Waals surface area contributed by atoms with Gasteiger partial charge in [-0.05, 0) is 69.5 Å². The minimum Gasteiger partial charge on any atom is -0.477 e. The second-order valence-electron chi connectivity index (χ2n) is 8.25. The molecule has 1 saturated carbocycles. The fourth-order valence-corrected chi connectivity index (χ4v) is 6.71. The Bertz CT molecular complexity index is 1550. The monoisotopic (exact) mass is 457 g/mol. The van der Waals surface area contributed by atoms with Crippen molar-refractivity contribution in [1.29, 1.82) is 0 Å². The van der Waals surface area contributed by atoms with Crippen molar-refractivity contribution in [3.05, 3.63) is 98.1 Å². The van der Waals surface area contributed by atoms with Crippen molar-refractivity contribution in [3.8, 4) is 10.4 Å². The van der Waals surface area contributed by atoms with Crippen molar-refractivity contribution in [2.24, 2.45) is 0 Å². The van der Waals surface area contributed by atoms with Crippen LogP contribution in [0, 0.1) is 0 Å². The lowest BCUT2D eigenvalue weighted by atomic mass is 9.95. The minimum atomic E-state index is -1.07. The summed E-state index contributed by atoms with van der Waals surface area (Å²) < 4.78 is 1.43. The molecule has 158 valence electrons. The van der Waals surface area contributed by atoms with Crippen LogP contribution in [0.4, 0.5) is 0 Å². The molecule has 0 amide bonds. The fraction of sp³-hybridized carbons (Fsp3) is 0.154. The summed E-state index contributed by atoms with van der Waals surface area (Å²) in [6.07, 6.45) is 2.81. The maximum absolute atomic E-state index is 13.3. The van der Waals surface area contributed by atoms with Gasteiger partial charge in [0.1, 0.15) is 4.83 Å². The predicted octanol–water partition coefficient (Wildman–Crippen LogP) is 6.41. The lowest BCUT2D eigenvalue weighted by Gasteiger charge is -2.12. The molecule has 6 heteroatoms. The molecule has 1 fully saturated rings. The Morgan fingerprint density at radius 2 is 1.88 bits per heavy atom. The van der Waals surface area contributed by atoms with E-state index in [0.717, 1.165) is 34.4 Å². The van der Waals surface area contributed by atoms with Gasteiger partial charge in [-0.2, -0.15) is 11.3 Å². The van der Waals surface area contributed by atoms with Gasteiger partial charge in [-0.15, -0.1) is 11.3 Å². The number of aromatic nitrogens is 1. The van der Waals surface area contributed by atoms with E-state index in [1.807, 2.05) is 29.0 Å². The van der Waals surface area contributed by atoms with Gasteiger partial charge in [-0.3, -0.25) is 9.20 Å². The predicted molar refractivity (Wildman–Crippen MR) is 131 cm³/mol. The standard InChI is InChI=1S/C26H19NO3S2/c28-21-13-19(12-17-6-3-5-15-4-1-2-7-20(15)17)22(16-8-9-16)25-27(21)23(26(29)30)24(32-25)18-10-11-31-14-18/h1-7,10-11,13-14,16H,8-9,12H2,(H,29,30). The number of benzene rings is 2. The summed E-state index contributed by atoms with van der Waals surface area (Å²) in [5.41, 5.74) is 4.01. The average Bonchev–Trinajstić information content (AvgIpc) is 3.31. The van der Waals surface area contributed by atoms with Crippen LogP contribution < -0.4 is 5.56 Å². The van der Waals surface area contributed by atoms with E-state index in [9.17, 15) is 14.7 Å². The average molecular weight is 458 g/mol. The molecule has 0 aliphatic heterocycles. The van der Waals surface area contributed by atoms with E-state index in [1.54, 1.807) is 6.07 Å². The molecule has 1 N–H and O–H groups in total. The molecular formula is C26H19NO3S2. The van der Waals surface area contributed by atoms with Crippen molar-refractivity contribution in [2.45, 2.75) is 25.2 Å². The molecule has 1 aliphatic rings. The lowest BCUT2D eigenvalue weighted by Crippen LogP contribution is -2.19. The second kappa shape index (κ2) is 7.43. The summed E-state index contributed by atoms with van der Waals surface area (Å²) in [6.45, 7) is 0. The summed E-state index contributed by atoms with van der Waals surface area (Å²) in [6, 6.07) is 18.2. The number of aromatic carboxylic acids is 1. The van der Waals surface area contributed by atoms with Gasteiger partial charge in [0.2, 0.25) is 0 Å². The van der Waals surface area contributed by atoms with Crippen LogP contribution >= 0.6 is 22.7 Å². The van der Waals surface area contributed by atoms with Crippen molar-refractivity contribution in [3.63, 3.8) is 0 Å². The Kier molecular flexibility index (Phi) is 4.52. The van der Waals surface area contributed by atoms with Crippen LogP contribution in [-0.4, -0.2) is 15.5 Å². The molecule has 3 aromatic heterocycles. The van der Waals surface area contributed by atoms with Gasteiger partial charge < -0.3 is 5.11 Å². The quantitative estimate of drug-likeness (QED) is 0.332. The van der Waals surface area contributed by atoms with E-state index in [0.29, 0.717) is 17.2 Å². The van der Waals surface area contributed by atoms with E-state index in [4.69, 9.17) is 0 Å². The molecule has 0 atom stereocenters. The molecule has 4 nitrogen and oxygen atoms in total. The second-order valence-corrected chi connectivity index (χ2v) is 10.0. The molecule has 0 spiro atoms. The molecule has 2 aromatic carbocycles. The normalized spacial score (nSPS) is 13.8. The van der Waals surface area contributed by atoms with Crippen LogP contribution in [0.15, 0.2) is 70.2 Å². The van der Waals surface area contributed by atoms with Crippen LogP contribution in [0.5, 0.6) is 0 Å². The van der Waals surface area contributed by atoms with Gasteiger partial charge in [0.15, 0.2) is 5.69 Å². The summed E-state index contributed by atoms with van der Waals surface area (Å²) in [5, 5.41) is 16.2. The zero-order valence-electron chi connectivity index (χ0n) is 17.1. The first-order chi connectivity index (χ1) is 15.6. The van der Waals surface area contributed by atoms with Crippen LogP contribution in [-0.2, 0) is 6.42 Å². The van der Waals surface area contributed by atoms with Crippen LogP contribution in [0.1, 0.15) is 45.9 Å². The Hall–Kier alpha value is -3.22. The molecular weight excluding hydrogens is 438 g/mol. The molecule has 0 radical (unpaired) electrons. The largest absolute Gasteiger partial charge is 0.477 e. The van der Waals surface area contributed by atoms with Crippen LogP contribution in [0.25, 0.3) is 26.0 Å². The number of thiazole rings is 1. The highest BCUT2D eigenvalue weighted by Gasteiger charge is 2.32. The van der Waals surface area contributed by atoms with Crippen molar-refractivity contribution in [2.75, 3.05) is 0 Å². The zero-order valence-corrected chi connectivity index (χ0v) is 18.7. The first kappa shape index (κ1) is 19.5. The van der Waals surface area contributed by atoms with Crippen molar-refractivity contribution in [1.82, 2.24) is 4.40 Å². The summed E-state index contributed by atoms with van der Waals surface area (Å²) in [7, 11) is 0. The highest BCUT2D eigenvalue weighted by molar-refractivity contribution is 7.21. The Morgan fingerprint density at radius 1 is 1.06 bits per heavy atom. The number of thiophene rings is 1. The van der Waals surface area contributed by atoms with Gasteiger partial charge in [-0.1, -0.05) is 42.5 Å². The molecule has 3 heterocycles.